The molecule has 0 N–H and O–H groups in total. The van der Waals surface area contributed by atoms with Crippen molar-refractivity contribution in [2.45, 2.75) is 13.3 Å². The van der Waals surface area contributed by atoms with Crippen molar-refractivity contribution in [1.82, 2.24) is 4.98 Å². The second-order valence-electron chi connectivity index (χ2n) is 6.48. The number of anilines is 2. The molecule has 2 heterocycles. The highest BCUT2D eigenvalue weighted by Crippen LogP contribution is 2.39. The molecule has 0 saturated heterocycles. The van der Waals surface area contributed by atoms with Gasteiger partial charge >= 0.3 is 5.97 Å². The zero-order valence-corrected chi connectivity index (χ0v) is 16.8. The molecule has 0 atom stereocenters. The molecule has 0 saturated carbocycles. The van der Waals surface area contributed by atoms with Gasteiger partial charge in [0.15, 0.2) is 0 Å². The van der Waals surface area contributed by atoms with E-state index in [0.29, 0.717) is 22.2 Å². The molecule has 0 fully saturated rings. The lowest BCUT2D eigenvalue weighted by molar-refractivity contribution is 0.0526. The minimum atomic E-state index is -0.333. The van der Waals surface area contributed by atoms with Crippen LogP contribution in [-0.4, -0.2) is 24.1 Å². The maximum atomic E-state index is 12.0. The van der Waals surface area contributed by atoms with Crippen LogP contribution in [0.4, 0.5) is 11.5 Å². The first-order chi connectivity index (χ1) is 13.6. The third-order valence-electron chi connectivity index (χ3n) is 4.69. The third kappa shape index (κ3) is 3.58. The number of halogens is 2. The topological polar surface area (TPSA) is 42.4 Å². The van der Waals surface area contributed by atoms with E-state index < -0.39 is 0 Å². The minimum Gasteiger partial charge on any atom is -0.462 e. The predicted molar refractivity (Wildman–Crippen MR) is 113 cm³/mol. The molecule has 4 nitrogen and oxygen atoms in total. The normalized spacial score (nSPS) is 12.8. The second-order valence-corrected chi connectivity index (χ2v) is 7.32. The molecular formula is C22H18Cl2N2O2. The van der Waals surface area contributed by atoms with Crippen molar-refractivity contribution in [2.24, 2.45) is 0 Å². The van der Waals surface area contributed by atoms with Crippen LogP contribution in [0.15, 0.2) is 54.6 Å². The van der Waals surface area contributed by atoms with Gasteiger partial charge in [0.25, 0.3) is 0 Å². The lowest BCUT2D eigenvalue weighted by atomic mass is 10.1. The summed E-state index contributed by atoms with van der Waals surface area (Å²) in [6, 6.07) is 16.9. The van der Waals surface area contributed by atoms with Crippen molar-refractivity contribution in [3.05, 3.63) is 75.8 Å². The van der Waals surface area contributed by atoms with Gasteiger partial charge in [-0.25, -0.2) is 9.78 Å². The van der Waals surface area contributed by atoms with E-state index in [1.165, 1.54) is 0 Å². The maximum absolute atomic E-state index is 12.0. The van der Waals surface area contributed by atoms with Gasteiger partial charge in [0.05, 0.1) is 28.6 Å². The fourth-order valence-corrected chi connectivity index (χ4v) is 3.87. The molecule has 0 radical (unpaired) electrons. The number of rotatable bonds is 4. The van der Waals surface area contributed by atoms with Crippen molar-refractivity contribution < 1.29 is 9.53 Å². The average Bonchev–Trinajstić information content (AvgIpc) is 3.11. The van der Waals surface area contributed by atoms with Crippen LogP contribution < -0.4 is 4.90 Å². The number of fused-ring (bicyclic) bond motifs is 1. The zero-order valence-electron chi connectivity index (χ0n) is 15.3. The minimum absolute atomic E-state index is 0.333. The summed E-state index contributed by atoms with van der Waals surface area (Å²) in [6.45, 7) is 2.94. The molecule has 142 valence electrons. The Morgan fingerprint density at radius 2 is 2.00 bits per heavy atom. The van der Waals surface area contributed by atoms with Crippen molar-refractivity contribution in [3.63, 3.8) is 0 Å². The summed E-state index contributed by atoms with van der Waals surface area (Å²) in [5.41, 5.74) is 4.22. The zero-order chi connectivity index (χ0) is 19.7. The van der Waals surface area contributed by atoms with Gasteiger partial charge in [-0.15, -0.1) is 0 Å². The van der Waals surface area contributed by atoms with Gasteiger partial charge in [-0.3, -0.25) is 0 Å². The molecule has 28 heavy (non-hydrogen) atoms. The molecule has 0 amide bonds. The first kappa shape index (κ1) is 18.8. The smallest absolute Gasteiger partial charge is 0.338 e. The van der Waals surface area contributed by atoms with E-state index in [4.69, 9.17) is 32.9 Å². The van der Waals surface area contributed by atoms with Gasteiger partial charge < -0.3 is 9.64 Å². The number of nitrogens with zero attached hydrogens (tertiary/aromatic N) is 2. The lowest BCUT2D eigenvalue weighted by Crippen LogP contribution is -2.15. The first-order valence-electron chi connectivity index (χ1n) is 9.07. The Labute approximate surface area is 173 Å². The Hall–Kier alpha value is -2.56. The summed E-state index contributed by atoms with van der Waals surface area (Å²) in [5, 5.41) is 1.20. The molecule has 6 heteroatoms. The van der Waals surface area contributed by atoms with Gasteiger partial charge in [0.2, 0.25) is 0 Å². The molecule has 4 rings (SSSR count). The summed E-state index contributed by atoms with van der Waals surface area (Å²) in [7, 11) is 0. The van der Waals surface area contributed by atoms with Gasteiger partial charge in [0, 0.05) is 17.1 Å². The highest BCUT2D eigenvalue weighted by atomic mass is 35.5. The number of carbonyl (C=O) groups excluding carboxylic acids is 1. The highest BCUT2D eigenvalue weighted by Gasteiger charge is 2.24. The maximum Gasteiger partial charge on any atom is 0.338 e. The molecule has 0 spiro atoms. The number of carbonyl (C=O) groups is 1. The monoisotopic (exact) mass is 412 g/mol. The van der Waals surface area contributed by atoms with Crippen LogP contribution in [0.2, 0.25) is 10.0 Å². The number of ether oxygens (including phenoxy) is 1. The van der Waals surface area contributed by atoms with Crippen LogP contribution in [0.25, 0.3) is 11.3 Å². The SMILES string of the molecule is CCOC(=O)c1cccc(-c2ccc3c(n2)N(c2ccc(Cl)cc2Cl)CC3)c1. The number of hydrogen-bond acceptors (Lipinski definition) is 4. The Kier molecular flexibility index (Phi) is 5.25. The standard InChI is InChI=1S/C22H18Cl2N2O2/c1-2-28-22(27)16-5-3-4-15(12-16)19-8-6-14-10-11-26(21(14)25-19)20-9-7-17(23)13-18(20)24/h3-9,12-13H,2,10-11H2,1H3. The molecule has 0 unspecified atom stereocenters. The molecule has 0 aliphatic carbocycles. The quantitative estimate of drug-likeness (QED) is 0.498. The van der Waals surface area contributed by atoms with Crippen LogP contribution in [-0.2, 0) is 11.2 Å². The largest absolute Gasteiger partial charge is 0.462 e. The Balaban J connectivity index is 1.71. The van der Waals surface area contributed by atoms with Gasteiger partial charge in [-0.2, -0.15) is 0 Å². The number of benzene rings is 2. The fraction of sp³-hybridized carbons (Fsp3) is 0.182. The van der Waals surface area contributed by atoms with E-state index in [-0.39, 0.29) is 5.97 Å². The van der Waals surface area contributed by atoms with E-state index in [2.05, 4.69) is 11.0 Å². The summed E-state index contributed by atoms with van der Waals surface area (Å²) >= 11 is 12.4. The molecule has 2 aromatic carbocycles. The van der Waals surface area contributed by atoms with Crippen molar-refractivity contribution in [3.8, 4) is 11.3 Å². The van der Waals surface area contributed by atoms with E-state index in [0.717, 1.165) is 41.3 Å². The highest BCUT2D eigenvalue weighted by molar-refractivity contribution is 6.36. The Morgan fingerprint density at radius 1 is 1.14 bits per heavy atom. The molecular weight excluding hydrogens is 395 g/mol. The number of aromatic nitrogens is 1. The van der Waals surface area contributed by atoms with Crippen LogP contribution in [0.5, 0.6) is 0 Å². The van der Waals surface area contributed by atoms with Gasteiger partial charge in [0.1, 0.15) is 5.82 Å². The van der Waals surface area contributed by atoms with Gasteiger partial charge in [-0.1, -0.05) is 41.4 Å². The van der Waals surface area contributed by atoms with Crippen molar-refractivity contribution >= 4 is 40.7 Å². The van der Waals surface area contributed by atoms with E-state index in [1.807, 2.05) is 30.3 Å². The van der Waals surface area contributed by atoms with E-state index in [1.54, 1.807) is 25.1 Å². The average molecular weight is 413 g/mol. The van der Waals surface area contributed by atoms with Crippen molar-refractivity contribution in [2.75, 3.05) is 18.1 Å². The molecule has 1 aliphatic heterocycles. The van der Waals surface area contributed by atoms with Crippen LogP contribution in [0.1, 0.15) is 22.8 Å². The fourth-order valence-electron chi connectivity index (χ4n) is 3.36. The first-order valence-corrected chi connectivity index (χ1v) is 9.82. The Morgan fingerprint density at radius 3 is 2.79 bits per heavy atom. The Bertz CT molecular complexity index is 1050. The van der Waals surface area contributed by atoms with Gasteiger partial charge in [-0.05, 0) is 55.3 Å². The number of hydrogen-bond donors (Lipinski definition) is 0. The third-order valence-corrected chi connectivity index (χ3v) is 5.22. The summed E-state index contributed by atoms with van der Waals surface area (Å²) in [5.74, 6) is 0.545. The lowest BCUT2D eigenvalue weighted by Gasteiger charge is -2.20. The molecule has 1 aromatic heterocycles. The van der Waals surface area contributed by atoms with E-state index in [9.17, 15) is 4.79 Å². The number of pyridine rings is 1. The van der Waals surface area contributed by atoms with Crippen LogP contribution >= 0.6 is 23.2 Å². The molecule has 0 bridgehead atoms. The predicted octanol–water partition coefficient (Wildman–Crippen LogP) is 5.93. The summed E-state index contributed by atoms with van der Waals surface area (Å²) in [6.07, 6.45) is 0.893. The number of esters is 1. The van der Waals surface area contributed by atoms with Crippen molar-refractivity contribution in [1.29, 1.82) is 0 Å². The van der Waals surface area contributed by atoms with E-state index >= 15 is 0 Å². The van der Waals surface area contributed by atoms with Crippen LogP contribution in [0, 0.1) is 0 Å². The summed E-state index contributed by atoms with van der Waals surface area (Å²) in [4.78, 5) is 19.0. The summed E-state index contributed by atoms with van der Waals surface area (Å²) < 4.78 is 5.10. The second kappa shape index (κ2) is 7.82. The molecule has 3 aromatic rings. The molecule has 1 aliphatic rings. The van der Waals surface area contributed by atoms with Crippen LogP contribution in [0.3, 0.4) is 0 Å².